The number of rotatable bonds is 5. The van der Waals surface area contributed by atoms with Crippen molar-refractivity contribution in [3.63, 3.8) is 0 Å². The molecule has 0 aliphatic carbocycles. The second-order valence-corrected chi connectivity index (χ2v) is 4.75. The number of hydrogen-bond donors (Lipinski definition) is 3. The zero-order valence-corrected chi connectivity index (χ0v) is 10.1. The monoisotopic (exact) mass is 224 g/mol. The van der Waals surface area contributed by atoms with Gasteiger partial charge >= 0.3 is 0 Å². The highest BCUT2D eigenvalue weighted by Gasteiger charge is 2.24. The van der Waals surface area contributed by atoms with Gasteiger partial charge in [-0.3, -0.25) is 4.79 Å². The van der Waals surface area contributed by atoms with Crippen molar-refractivity contribution in [1.82, 2.24) is 9.97 Å². The van der Waals surface area contributed by atoms with E-state index in [0.717, 1.165) is 6.42 Å². The summed E-state index contributed by atoms with van der Waals surface area (Å²) in [6.07, 6.45) is 3.95. The van der Waals surface area contributed by atoms with E-state index in [9.17, 15) is 4.79 Å². The van der Waals surface area contributed by atoms with Crippen LogP contribution in [0.1, 0.15) is 27.2 Å². The molecule has 16 heavy (non-hydrogen) atoms. The van der Waals surface area contributed by atoms with Gasteiger partial charge in [0.2, 0.25) is 0 Å². The predicted molar refractivity (Wildman–Crippen MR) is 65.4 cm³/mol. The highest BCUT2D eigenvalue weighted by Crippen LogP contribution is 2.18. The molecular weight excluding hydrogens is 204 g/mol. The van der Waals surface area contributed by atoms with E-state index >= 15 is 0 Å². The Morgan fingerprint density at radius 2 is 2.31 bits per heavy atom. The van der Waals surface area contributed by atoms with E-state index in [2.05, 4.69) is 29.1 Å². The zero-order chi connectivity index (χ0) is 12.2. The third-order valence-corrected chi connectivity index (χ3v) is 2.44. The van der Waals surface area contributed by atoms with Crippen molar-refractivity contribution in [3.05, 3.63) is 22.7 Å². The molecule has 0 radical (unpaired) electrons. The first-order chi connectivity index (χ1) is 7.47. The molecular formula is C11H20N4O. The lowest BCUT2D eigenvalue weighted by Crippen LogP contribution is -2.45. The molecule has 1 heterocycles. The van der Waals surface area contributed by atoms with Gasteiger partial charge < -0.3 is 16.0 Å². The molecule has 1 aromatic heterocycles. The van der Waals surface area contributed by atoms with Crippen molar-refractivity contribution in [2.24, 2.45) is 11.7 Å². The fourth-order valence-electron chi connectivity index (χ4n) is 1.81. The average Bonchev–Trinajstić information content (AvgIpc) is 2.20. The maximum absolute atomic E-state index is 11.5. The van der Waals surface area contributed by atoms with Crippen LogP contribution in [0.2, 0.25) is 0 Å². The molecule has 1 atom stereocenters. The molecule has 5 heteroatoms. The predicted octanol–water partition coefficient (Wildman–Crippen LogP) is 0.945. The van der Waals surface area contributed by atoms with Gasteiger partial charge in [-0.25, -0.2) is 4.98 Å². The van der Waals surface area contributed by atoms with Crippen molar-refractivity contribution in [3.8, 4) is 0 Å². The van der Waals surface area contributed by atoms with Crippen LogP contribution in [-0.4, -0.2) is 22.1 Å². The fraction of sp³-hybridized carbons (Fsp3) is 0.636. The molecule has 90 valence electrons. The summed E-state index contributed by atoms with van der Waals surface area (Å²) in [6, 6.07) is 0. The number of aromatic nitrogens is 2. The van der Waals surface area contributed by atoms with Crippen LogP contribution in [0.5, 0.6) is 0 Å². The summed E-state index contributed by atoms with van der Waals surface area (Å²) in [5.41, 5.74) is 5.24. The largest absolute Gasteiger partial charge is 0.359 e. The Balaban J connectivity index is 2.85. The van der Waals surface area contributed by atoms with E-state index in [1.54, 1.807) is 6.20 Å². The summed E-state index contributed by atoms with van der Waals surface area (Å²) >= 11 is 0. The minimum Gasteiger partial charge on any atom is -0.359 e. The second kappa shape index (κ2) is 5.12. The quantitative estimate of drug-likeness (QED) is 0.695. The van der Waals surface area contributed by atoms with E-state index < -0.39 is 0 Å². The highest BCUT2D eigenvalue weighted by molar-refractivity contribution is 5.34. The SMILES string of the molecule is CC(C)CC(C)(CN)Nc1ncc[nH]c1=O. The molecule has 1 aromatic rings. The fourth-order valence-corrected chi connectivity index (χ4v) is 1.81. The first-order valence-electron chi connectivity index (χ1n) is 5.49. The lowest BCUT2D eigenvalue weighted by molar-refractivity contribution is 0.405. The molecule has 1 rings (SSSR count). The van der Waals surface area contributed by atoms with Crippen molar-refractivity contribution < 1.29 is 0 Å². The van der Waals surface area contributed by atoms with Gasteiger partial charge in [0.05, 0.1) is 0 Å². The lowest BCUT2D eigenvalue weighted by atomic mass is 9.91. The Kier molecular flexibility index (Phi) is 4.06. The molecule has 0 amide bonds. The molecule has 1 unspecified atom stereocenters. The van der Waals surface area contributed by atoms with Gasteiger partial charge in [-0.1, -0.05) is 13.8 Å². The van der Waals surface area contributed by atoms with Gasteiger partial charge in [-0.15, -0.1) is 0 Å². The van der Waals surface area contributed by atoms with Crippen molar-refractivity contribution in [2.45, 2.75) is 32.7 Å². The number of nitrogens with zero attached hydrogens (tertiary/aromatic N) is 1. The minimum absolute atomic E-state index is 0.217. The maximum atomic E-state index is 11.5. The molecule has 0 aliphatic heterocycles. The Bertz CT molecular complexity index is 388. The molecule has 0 saturated heterocycles. The molecule has 0 fully saturated rings. The lowest BCUT2D eigenvalue weighted by Gasteiger charge is -2.31. The van der Waals surface area contributed by atoms with E-state index in [1.165, 1.54) is 6.20 Å². The van der Waals surface area contributed by atoms with E-state index in [4.69, 9.17) is 5.73 Å². The van der Waals surface area contributed by atoms with Gasteiger partial charge in [0.1, 0.15) is 0 Å². The van der Waals surface area contributed by atoms with Gasteiger partial charge in [0.15, 0.2) is 5.82 Å². The van der Waals surface area contributed by atoms with Crippen LogP contribution >= 0.6 is 0 Å². The minimum atomic E-state index is -0.296. The molecule has 0 saturated carbocycles. The summed E-state index contributed by atoms with van der Waals surface area (Å²) in [7, 11) is 0. The van der Waals surface area contributed by atoms with Crippen LogP contribution in [0.3, 0.4) is 0 Å². The van der Waals surface area contributed by atoms with Gasteiger partial charge in [-0.05, 0) is 19.3 Å². The Morgan fingerprint density at radius 3 is 2.81 bits per heavy atom. The maximum Gasteiger partial charge on any atom is 0.290 e. The number of nitrogens with two attached hydrogens (primary N) is 1. The third kappa shape index (κ3) is 3.34. The Morgan fingerprint density at radius 1 is 1.62 bits per heavy atom. The zero-order valence-electron chi connectivity index (χ0n) is 10.1. The van der Waals surface area contributed by atoms with Crippen LogP contribution in [0, 0.1) is 5.92 Å². The first kappa shape index (κ1) is 12.7. The van der Waals surface area contributed by atoms with Crippen LogP contribution in [0.25, 0.3) is 0 Å². The van der Waals surface area contributed by atoms with Gasteiger partial charge in [0.25, 0.3) is 5.56 Å². The molecule has 4 N–H and O–H groups in total. The average molecular weight is 224 g/mol. The van der Waals surface area contributed by atoms with Crippen molar-refractivity contribution >= 4 is 5.82 Å². The number of H-pyrrole nitrogens is 1. The van der Waals surface area contributed by atoms with E-state index in [0.29, 0.717) is 18.3 Å². The first-order valence-corrected chi connectivity index (χ1v) is 5.49. The van der Waals surface area contributed by atoms with Gasteiger partial charge in [0, 0.05) is 24.5 Å². The summed E-state index contributed by atoms with van der Waals surface area (Å²) in [4.78, 5) is 18.1. The molecule has 5 nitrogen and oxygen atoms in total. The third-order valence-electron chi connectivity index (χ3n) is 2.44. The number of anilines is 1. The second-order valence-electron chi connectivity index (χ2n) is 4.75. The normalized spacial score (nSPS) is 14.8. The highest BCUT2D eigenvalue weighted by atomic mass is 16.1. The van der Waals surface area contributed by atoms with Crippen molar-refractivity contribution in [2.75, 3.05) is 11.9 Å². The van der Waals surface area contributed by atoms with Crippen LogP contribution in [0.15, 0.2) is 17.2 Å². The number of hydrogen-bond acceptors (Lipinski definition) is 4. The molecule has 0 aromatic carbocycles. The molecule has 0 bridgehead atoms. The van der Waals surface area contributed by atoms with Crippen molar-refractivity contribution in [1.29, 1.82) is 0 Å². The summed E-state index contributed by atoms with van der Waals surface area (Å²) in [6.45, 7) is 6.71. The van der Waals surface area contributed by atoms with Crippen LogP contribution in [0.4, 0.5) is 5.82 Å². The van der Waals surface area contributed by atoms with E-state index in [1.807, 2.05) is 6.92 Å². The van der Waals surface area contributed by atoms with Crippen LogP contribution < -0.4 is 16.6 Å². The molecule has 0 spiro atoms. The molecule has 0 aliphatic rings. The number of aromatic amines is 1. The Hall–Kier alpha value is -1.36. The number of nitrogens with one attached hydrogen (secondary N) is 2. The summed E-state index contributed by atoms with van der Waals surface area (Å²) in [5, 5.41) is 3.12. The summed E-state index contributed by atoms with van der Waals surface area (Å²) in [5.74, 6) is 0.833. The van der Waals surface area contributed by atoms with E-state index in [-0.39, 0.29) is 11.1 Å². The van der Waals surface area contributed by atoms with Crippen LogP contribution in [-0.2, 0) is 0 Å². The van der Waals surface area contributed by atoms with Gasteiger partial charge in [-0.2, -0.15) is 0 Å². The Labute approximate surface area is 95.5 Å². The topological polar surface area (TPSA) is 83.8 Å². The standard InChI is InChI=1S/C11H20N4O/c1-8(2)6-11(3,7-12)15-9-10(16)14-5-4-13-9/h4-5,8H,6-7,12H2,1-3H3,(H,13,15)(H,14,16). The summed E-state index contributed by atoms with van der Waals surface area (Å²) < 4.78 is 0. The smallest absolute Gasteiger partial charge is 0.290 e.